The highest BCUT2D eigenvalue weighted by atomic mass is 16.5. The summed E-state index contributed by atoms with van der Waals surface area (Å²) in [7, 11) is 0. The van der Waals surface area contributed by atoms with E-state index >= 15 is 0 Å². The van der Waals surface area contributed by atoms with Crippen molar-refractivity contribution in [2.75, 3.05) is 6.61 Å². The lowest BCUT2D eigenvalue weighted by Crippen LogP contribution is -2.30. The van der Waals surface area contributed by atoms with E-state index in [1.54, 1.807) is 13.8 Å². The van der Waals surface area contributed by atoms with Gasteiger partial charge in [-0.1, -0.05) is 43.5 Å². The van der Waals surface area contributed by atoms with Gasteiger partial charge in [0.15, 0.2) is 0 Å². The molecule has 3 heteroatoms. The lowest BCUT2D eigenvalue weighted by molar-refractivity contribution is 0.0285. The summed E-state index contributed by atoms with van der Waals surface area (Å²) in [6.45, 7) is 7.90. The Hall–Kier alpha value is -2.00. The van der Waals surface area contributed by atoms with E-state index in [-0.39, 0.29) is 18.1 Å². The molecule has 3 rings (SSSR count). The number of benzene rings is 2. The zero-order chi connectivity index (χ0) is 20.2. The fourth-order valence-electron chi connectivity index (χ4n) is 4.15. The Labute approximate surface area is 169 Å². The van der Waals surface area contributed by atoms with Gasteiger partial charge in [0.2, 0.25) is 0 Å². The highest BCUT2D eigenvalue weighted by Gasteiger charge is 2.35. The third-order valence-electron chi connectivity index (χ3n) is 5.48. The number of aliphatic hydroxyl groups is 1. The van der Waals surface area contributed by atoms with Crippen molar-refractivity contribution in [3.8, 4) is 11.5 Å². The predicted molar refractivity (Wildman–Crippen MR) is 114 cm³/mol. The maximum Gasteiger partial charge on any atom is 0.119 e. The summed E-state index contributed by atoms with van der Waals surface area (Å²) >= 11 is 0. The Kier molecular flexibility index (Phi) is 6.34. The fraction of sp³-hybridized carbons (Fsp3) is 0.520. The number of hydrogen-bond acceptors (Lipinski definition) is 3. The molecule has 0 aliphatic heterocycles. The maximum atomic E-state index is 9.87. The predicted octanol–water partition coefficient (Wildman–Crippen LogP) is 5.87. The molecule has 0 unspecified atom stereocenters. The Balaban J connectivity index is 1.85. The summed E-state index contributed by atoms with van der Waals surface area (Å²) in [5.74, 6) is 1.73. The largest absolute Gasteiger partial charge is 0.491 e. The van der Waals surface area contributed by atoms with Crippen LogP contribution in [0.15, 0.2) is 48.5 Å². The molecule has 1 aliphatic carbocycles. The molecule has 0 saturated heterocycles. The molecule has 1 N–H and O–H groups in total. The van der Waals surface area contributed by atoms with Gasteiger partial charge in [-0.15, -0.1) is 0 Å². The molecule has 1 fully saturated rings. The minimum Gasteiger partial charge on any atom is -0.491 e. The third kappa shape index (κ3) is 5.08. The second kappa shape index (κ2) is 8.57. The summed E-state index contributed by atoms with van der Waals surface area (Å²) in [6.07, 6.45) is 6.33. The van der Waals surface area contributed by atoms with Gasteiger partial charge in [-0.2, -0.15) is 0 Å². The SMILES string of the molecule is CC(C)Oc1ccc(C2(c3ccc(OCC(C)(C)O)cc3)CCCCC2)cc1. The van der Waals surface area contributed by atoms with Crippen LogP contribution >= 0.6 is 0 Å². The van der Waals surface area contributed by atoms with Gasteiger partial charge in [0, 0.05) is 5.41 Å². The van der Waals surface area contributed by atoms with Crippen molar-refractivity contribution in [3.63, 3.8) is 0 Å². The van der Waals surface area contributed by atoms with Crippen LogP contribution in [0.1, 0.15) is 70.9 Å². The van der Waals surface area contributed by atoms with Gasteiger partial charge in [-0.05, 0) is 75.9 Å². The number of rotatable bonds is 7. The van der Waals surface area contributed by atoms with Crippen molar-refractivity contribution in [1.82, 2.24) is 0 Å². The second-order valence-electron chi connectivity index (χ2n) is 8.96. The topological polar surface area (TPSA) is 38.7 Å². The van der Waals surface area contributed by atoms with E-state index in [0.717, 1.165) is 11.5 Å². The molecule has 0 atom stereocenters. The molecule has 0 aromatic heterocycles. The van der Waals surface area contributed by atoms with Crippen molar-refractivity contribution >= 4 is 0 Å². The molecule has 28 heavy (non-hydrogen) atoms. The first-order chi connectivity index (χ1) is 13.3. The number of hydrogen-bond donors (Lipinski definition) is 1. The second-order valence-corrected chi connectivity index (χ2v) is 8.96. The van der Waals surface area contributed by atoms with Crippen molar-refractivity contribution < 1.29 is 14.6 Å². The van der Waals surface area contributed by atoms with Crippen LogP contribution < -0.4 is 9.47 Å². The Morgan fingerprint density at radius 2 is 1.36 bits per heavy atom. The lowest BCUT2D eigenvalue weighted by atomic mass is 9.65. The average Bonchev–Trinajstić information content (AvgIpc) is 2.67. The van der Waals surface area contributed by atoms with Crippen LogP contribution in [0.4, 0.5) is 0 Å². The summed E-state index contributed by atoms with van der Waals surface area (Å²) in [5, 5.41) is 9.87. The molecule has 0 spiro atoms. The minimum absolute atomic E-state index is 0.0589. The molecule has 0 heterocycles. The van der Waals surface area contributed by atoms with Gasteiger partial charge >= 0.3 is 0 Å². The lowest BCUT2D eigenvalue weighted by Gasteiger charge is -2.39. The summed E-state index contributed by atoms with van der Waals surface area (Å²) in [5.41, 5.74) is 1.95. The summed E-state index contributed by atoms with van der Waals surface area (Å²) in [4.78, 5) is 0. The van der Waals surface area contributed by atoms with Crippen LogP contribution in [0.3, 0.4) is 0 Å². The van der Waals surface area contributed by atoms with E-state index in [4.69, 9.17) is 9.47 Å². The van der Waals surface area contributed by atoms with E-state index in [2.05, 4.69) is 50.2 Å². The minimum atomic E-state index is -0.830. The third-order valence-corrected chi connectivity index (χ3v) is 5.48. The standard InChI is InChI=1S/C25H34O3/c1-19(2)28-23-14-10-21(11-15-23)25(16-6-5-7-17-25)20-8-12-22(13-9-20)27-18-24(3,4)26/h8-15,19,26H,5-7,16-18H2,1-4H3. The van der Waals surface area contributed by atoms with Crippen LogP contribution in [-0.4, -0.2) is 23.4 Å². The van der Waals surface area contributed by atoms with E-state index < -0.39 is 5.60 Å². The molecule has 152 valence electrons. The molecule has 3 nitrogen and oxygen atoms in total. The van der Waals surface area contributed by atoms with Crippen LogP contribution in [0.25, 0.3) is 0 Å². The Bertz CT molecular complexity index is 733. The first-order valence-electron chi connectivity index (χ1n) is 10.5. The van der Waals surface area contributed by atoms with E-state index in [1.165, 1.54) is 43.2 Å². The Morgan fingerprint density at radius 3 is 1.82 bits per heavy atom. The van der Waals surface area contributed by atoms with Crippen LogP contribution in [0.5, 0.6) is 11.5 Å². The van der Waals surface area contributed by atoms with Crippen molar-refractivity contribution in [3.05, 3.63) is 59.7 Å². The van der Waals surface area contributed by atoms with Gasteiger partial charge in [0.25, 0.3) is 0 Å². The van der Waals surface area contributed by atoms with Crippen molar-refractivity contribution in [2.45, 2.75) is 76.9 Å². The number of ether oxygens (including phenoxy) is 2. The molecule has 2 aromatic rings. The molecule has 2 aromatic carbocycles. The van der Waals surface area contributed by atoms with Crippen molar-refractivity contribution in [2.24, 2.45) is 0 Å². The molecule has 1 aliphatic rings. The summed E-state index contributed by atoms with van der Waals surface area (Å²) in [6, 6.07) is 17.1. The quantitative estimate of drug-likeness (QED) is 0.650. The van der Waals surface area contributed by atoms with Gasteiger partial charge in [0.1, 0.15) is 18.1 Å². The van der Waals surface area contributed by atoms with Crippen LogP contribution in [0.2, 0.25) is 0 Å². The van der Waals surface area contributed by atoms with Gasteiger partial charge < -0.3 is 14.6 Å². The zero-order valence-electron chi connectivity index (χ0n) is 17.7. The van der Waals surface area contributed by atoms with Crippen LogP contribution in [0, 0.1) is 0 Å². The van der Waals surface area contributed by atoms with Gasteiger partial charge in [0.05, 0.1) is 11.7 Å². The summed E-state index contributed by atoms with van der Waals surface area (Å²) < 4.78 is 11.6. The average molecular weight is 383 g/mol. The highest BCUT2D eigenvalue weighted by molar-refractivity contribution is 5.43. The first-order valence-corrected chi connectivity index (χ1v) is 10.5. The zero-order valence-corrected chi connectivity index (χ0v) is 17.7. The molecule has 0 bridgehead atoms. The van der Waals surface area contributed by atoms with Crippen LogP contribution in [-0.2, 0) is 5.41 Å². The molecule has 1 saturated carbocycles. The smallest absolute Gasteiger partial charge is 0.119 e. The highest BCUT2D eigenvalue weighted by Crippen LogP contribution is 2.45. The molecule has 0 radical (unpaired) electrons. The van der Waals surface area contributed by atoms with Crippen molar-refractivity contribution in [1.29, 1.82) is 0 Å². The van der Waals surface area contributed by atoms with Gasteiger partial charge in [-0.3, -0.25) is 0 Å². The van der Waals surface area contributed by atoms with E-state index in [9.17, 15) is 5.11 Å². The maximum absolute atomic E-state index is 9.87. The normalized spacial score (nSPS) is 16.8. The molecular formula is C25H34O3. The first kappa shape index (κ1) is 20.7. The monoisotopic (exact) mass is 382 g/mol. The fourth-order valence-corrected chi connectivity index (χ4v) is 4.15. The molecular weight excluding hydrogens is 348 g/mol. The molecule has 0 amide bonds. The van der Waals surface area contributed by atoms with E-state index in [1.807, 2.05) is 12.1 Å². The van der Waals surface area contributed by atoms with E-state index in [0.29, 0.717) is 0 Å². The van der Waals surface area contributed by atoms with Gasteiger partial charge in [-0.25, -0.2) is 0 Å². The Morgan fingerprint density at radius 1 is 0.857 bits per heavy atom.